The lowest BCUT2D eigenvalue weighted by Gasteiger charge is -2.47. The van der Waals surface area contributed by atoms with Crippen molar-refractivity contribution in [1.29, 1.82) is 0 Å². The van der Waals surface area contributed by atoms with Crippen LogP contribution in [0.2, 0.25) is 0 Å². The molecule has 3 rings (SSSR count). The average Bonchev–Trinajstić information content (AvgIpc) is 3.23. The van der Waals surface area contributed by atoms with E-state index in [9.17, 15) is 9.59 Å². The summed E-state index contributed by atoms with van der Waals surface area (Å²) in [6.45, 7) is 4.84. The first-order valence-electron chi connectivity index (χ1n) is 8.15. The van der Waals surface area contributed by atoms with Crippen molar-refractivity contribution in [3.8, 4) is 0 Å². The SMILES string of the molecule is CCC1(CN2C(=O)C3(CCCCC3)NC(=O)C2C)CC1. The summed E-state index contributed by atoms with van der Waals surface area (Å²) < 4.78 is 0. The van der Waals surface area contributed by atoms with Crippen molar-refractivity contribution in [3.63, 3.8) is 0 Å². The molecule has 20 heavy (non-hydrogen) atoms. The van der Waals surface area contributed by atoms with Crippen LogP contribution in [0.25, 0.3) is 0 Å². The molecule has 4 nitrogen and oxygen atoms in total. The maximum absolute atomic E-state index is 13.0. The summed E-state index contributed by atoms with van der Waals surface area (Å²) in [6.07, 6.45) is 8.43. The summed E-state index contributed by atoms with van der Waals surface area (Å²) in [5, 5.41) is 3.06. The lowest BCUT2D eigenvalue weighted by molar-refractivity contribution is -0.157. The van der Waals surface area contributed by atoms with E-state index in [1.807, 2.05) is 11.8 Å². The molecule has 0 aromatic heterocycles. The van der Waals surface area contributed by atoms with Crippen LogP contribution in [0.5, 0.6) is 0 Å². The number of carbonyl (C=O) groups excluding carboxylic acids is 2. The lowest BCUT2D eigenvalue weighted by Crippen LogP contribution is -2.70. The van der Waals surface area contributed by atoms with E-state index in [1.165, 1.54) is 19.3 Å². The molecule has 1 atom stereocenters. The van der Waals surface area contributed by atoms with Gasteiger partial charge in [-0.1, -0.05) is 26.2 Å². The van der Waals surface area contributed by atoms with E-state index in [4.69, 9.17) is 0 Å². The van der Waals surface area contributed by atoms with Crippen molar-refractivity contribution >= 4 is 11.8 Å². The largest absolute Gasteiger partial charge is 0.340 e. The number of hydrogen-bond acceptors (Lipinski definition) is 2. The van der Waals surface area contributed by atoms with Crippen molar-refractivity contribution in [2.24, 2.45) is 5.41 Å². The summed E-state index contributed by atoms with van der Waals surface area (Å²) in [5.41, 5.74) is -0.275. The molecule has 1 heterocycles. The molecular formula is C16H26N2O2. The highest BCUT2D eigenvalue weighted by atomic mass is 16.2. The highest BCUT2D eigenvalue weighted by Crippen LogP contribution is 2.50. The molecule has 0 radical (unpaired) electrons. The lowest BCUT2D eigenvalue weighted by atomic mass is 9.78. The second kappa shape index (κ2) is 4.74. The van der Waals surface area contributed by atoms with Gasteiger partial charge < -0.3 is 10.2 Å². The summed E-state index contributed by atoms with van der Waals surface area (Å²) in [4.78, 5) is 27.2. The van der Waals surface area contributed by atoms with Crippen molar-refractivity contribution < 1.29 is 9.59 Å². The third-order valence-electron chi connectivity index (χ3n) is 5.80. The summed E-state index contributed by atoms with van der Waals surface area (Å²) in [6, 6.07) is -0.306. The molecule has 4 heteroatoms. The van der Waals surface area contributed by atoms with E-state index in [1.54, 1.807) is 0 Å². The molecule has 2 saturated carbocycles. The molecule has 0 aromatic carbocycles. The van der Waals surface area contributed by atoms with Gasteiger partial charge in [0.15, 0.2) is 0 Å². The van der Waals surface area contributed by atoms with E-state index in [2.05, 4.69) is 12.2 Å². The number of carbonyl (C=O) groups is 2. The summed E-state index contributed by atoms with van der Waals surface area (Å²) in [7, 11) is 0. The van der Waals surface area contributed by atoms with Crippen molar-refractivity contribution in [1.82, 2.24) is 10.2 Å². The van der Waals surface area contributed by atoms with Crippen LogP contribution < -0.4 is 5.32 Å². The van der Waals surface area contributed by atoms with E-state index in [0.29, 0.717) is 5.41 Å². The zero-order chi connectivity index (χ0) is 14.4. The normalized spacial score (nSPS) is 31.3. The fourth-order valence-electron chi connectivity index (χ4n) is 3.85. The maximum Gasteiger partial charge on any atom is 0.249 e. The minimum Gasteiger partial charge on any atom is -0.340 e. The minimum atomic E-state index is -0.578. The Kier molecular flexibility index (Phi) is 3.30. The molecule has 3 aliphatic rings. The van der Waals surface area contributed by atoms with Gasteiger partial charge in [-0.3, -0.25) is 9.59 Å². The Morgan fingerprint density at radius 1 is 1.15 bits per heavy atom. The molecule has 2 amide bonds. The molecule has 1 N–H and O–H groups in total. The molecule has 0 bridgehead atoms. The van der Waals surface area contributed by atoms with Crippen LogP contribution in [0.1, 0.15) is 65.2 Å². The Bertz CT molecular complexity index is 422. The third-order valence-corrected chi connectivity index (χ3v) is 5.80. The van der Waals surface area contributed by atoms with Crippen LogP contribution >= 0.6 is 0 Å². The van der Waals surface area contributed by atoms with Gasteiger partial charge in [-0.05, 0) is 44.4 Å². The molecule has 1 unspecified atom stereocenters. The third kappa shape index (κ3) is 2.13. The summed E-state index contributed by atoms with van der Waals surface area (Å²) >= 11 is 0. The van der Waals surface area contributed by atoms with Gasteiger partial charge in [0.05, 0.1) is 0 Å². The maximum atomic E-state index is 13.0. The van der Waals surface area contributed by atoms with Gasteiger partial charge in [0.2, 0.25) is 11.8 Å². The van der Waals surface area contributed by atoms with Gasteiger partial charge >= 0.3 is 0 Å². The molecule has 3 fully saturated rings. The van der Waals surface area contributed by atoms with Gasteiger partial charge in [0.25, 0.3) is 0 Å². The second-order valence-corrected chi connectivity index (χ2v) is 7.09. The second-order valence-electron chi connectivity index (χ2n) is 7.09. The number of amides is 2. The fourth-order valence-corrected chi connectivity index (χ4v) is 3.85. The van der Waals surface area contributed by atoms with Crippen molar-refractivity contribution in [3.05, 3.63) is 0 Å². The Morgan fingerprint density at radius 3 is 2.35 bits per heavy atom. The molecular weight excluding hydrogens is 252 g/mol. The van der Waals surface area contributed by atoms with Crippen LogP contribution in [-0.4, -0.2) is 34.8 Å². The average molecular weight is 278 g/mol. The molecule has 1 aliphatic heterocycles. The van der Waals surface area contributed by atoms with Gasteiger partial charge in [-0.25, -0.2) is 0 Å². The van der Waals surface area contributed by atoms with Gasteiger partial charge in [0.1, 0.15) is 11.6 Å². The predicted octanol–water partition coefficient (Wildman–Crippen LogP) is 2.23. The van der Waals surface area contributed by atoms with Crippen LogP contribution in [0.15, 0.2) is 0 Å². The quantitative estimate of drug-likeness (QED) is 0.860. The fraction of sp³-hybridized carbons (Fsp3) is 0.875. The van der Waals surface area contributed by atoms with Gasteiger partial charge in [0, 0.05) is 6.54 Å². The monoisotopic (exact) mass is 278 g/mol. The van der Waals surface area contributed by atoms with Crippen molar-refractivity contribution in [2.45, 2.75) is 76.8 Å². The number of nitrogens with zero attached hydrogens (tertiary/aromatic N) is 1. The van der Waals surface area contributed by atoms with E-state index in [-0.39, 0.29) is 17.9 Å². The van der Waals surface area contributed by atoms with Crippen LogP contribution in [0.4, 0.5) is 0 Å². The molecule has 0 aromatic rings. The number of rotatable bonds is 3. The Labute approximate surface area is 121 Å². The molecule has 112 valence electrons. The van der Waals surface area contributed by atoms with E-state index < -0.39 is 5.54 Å². The highest BCUT2D eigenvalue weighted by molar-refractivity contribution is 5.99. The van der Waals surface area contributed by atoms with Crippen molar-refractivity contribution in [2.75, 3.05) is 6.54 Å². The first-order valence-corrected chi connectivity index (χ1v) is 8.15. The number of nitrogens with one attached hydrogen (secondary N) is 1. The Morgan fingerprint density at radius 2 is 1.80 bits per heavy atom. The first-order chi connectivity index (χ1) is 9.52. The Balaban J connectivity index is 1.83. The van der Waals surface area contributed by atoms with E-state index >= 15 is 0 Å². The van der Waals surface area contributed by atoms with Gasteiger partial charge in [-0.2, -0.15) is 0 Å². The van der Waals surface area contributed by atoms with Crippen LogP contribution in [0, 0.1) is 5.41 Å². The topological polar surface area (TPSA) is 49.4 Å². The van der Waals surface area contributed by atoms with E-state index in [0.717, 1.165) is 38.6 Å². The Hall–Kier alpha value is -1.06. The molecule has 1 spiro atoms. The highest BCUT2D eigenvalue weighted by Gasteiger charge is 2.53. The first kappa shape index (κ1) is 13.9. The predicted molar refractivity (Wildman–Crippen MR) is 77.1 cm³/mol. The van der Waals surface area contributed by atoms with Crippen LogP contribution in [0.3, 0.4) is 0 Å². The van der Waals surface area contributed by atoms with Gasteiger partial charge in [-0.15, -0.1) is 0 Å². The molecule has 2 aliphatic carbocycles. The molecule has 1 saturated heterocycles. The number of hydrogen-bond donors (Lipinski definition) is 1. The number of piperazine rings is 1. The summed E-state index contributed by atoms with van der Waals surface area (Å²) in [5.74, 6) is 0.224. The zero-order valence-corrected chi connectivity index (χ0v) is 12.7. The smallest absolute Gasteiger partial charge is 0.249 e. The zero-order valence-electron chi connectivity index (χ0n) is 12.7. The minimum absolute atomic E-state index is 0.0402. The standard InChI is InChI=1S/C16H26N2O2/c1-3-15(9-10-15)11-18-12(2)13(19)17-16(14(18)20)7-5-4-6-8-16/h12H,3-11H2,1-2H3,(H,17,19). The van der Waals surface area contributed by atoms with Crippen LogP contribution in [-0.2, 0) is 9.59 Å².